The second kappa shape index (κ2) is 2.09. The summed E-state index contributed by atoms with van der Waals surface area (Å²) in [4.78, 5) is 0.0440. The fraction of sp³-hybridized carbons (Fsp3) is 0.600. The van der Waals surface area contributed by atoms with Crippen LogP contribution in [0.15, 0.2) is 11.0 Å². The standard InChI is InChI=1S/C5H7BrO2S/c1-4-2-9(7,8)3-5(4)6/h2,5H,3H2,1H3. The summed E-state index contributed by atoms with van der Waals surface area (Å²) >= 11 is 3.23. The first kappa shape index (κ1) is 7.28. The molecule has 1 atom stereocenters. The van der Waals surface area contributed by atoms with E-state index in [0.29, 0.717) is 0 Å². The number of sulfone groups is 1. The Labute approximate surface area is 63.0 Å². The highest BCUT2D eigenvalue weighted by Gasteiger charge is 2.23. The summed E-state index contributed by atoms with van der Waals surface area (Å²) in [5.41, 5.74) is 0.898. The van der Waals surface area contributed by atoms with Crippen LogP contribution in [0.5, 0.6) is 0 Å². The lowest BCUT2D eigenvalue weighted by Crippen LogP contribution is -2.04. The predicted octanol–water partition coefficient (Wildman–Crippen LogP) is 1.08. The number of allylic oxidation sites excluding steroid dienone is 1. The van der Waals surface area contributed by atoms with E-state index >= 15 is 0 Å². The Morgan fingerprint density at radius 2 is 2.33 bits per heavy atom. The second-order valence-corrected chi connectivity index (χ2v) is 5.16. The lowest BCUT2D eigenvalue weighted by molar-refractivity contribution is 0.606. The SMILES string of the molecule is CC1=CS(=O)(=O)CC1Br. The Balaban J connectivity index is 3.01. The van der Waals surface area contributed by atoms with E-state index in [0.717, 1.165) is 5.57 Å². The van der Waals surface area contributed by atoms with E-state index in [4.69, 9.17) is 0 Å². The molecule has 0 bridgehead atoms. The summed E-state index contributed by atoms with van der Waals surface area (Å²) in [7, 11) is -2.85. The molecule has 0 amide bonds. The lowest BCUT2D eigenvalue weighted by Gasteiger charge is -1.95. The first-order valence-electron chi connectivity index (χ1n) is 2.56. The highest BCUT2D eigenvalue weighted by Crippen LogP contribution is 2.22. The third-order valence-electron chi connectivity index (χ3n) is 1.24. The normalized spacial score (nSPS) is 32.2. The molecular formula is C5H7BrO2S. The molecule has 52 valence electrons. The molecule has 1 unspecified atom stereocenters. The Hall–Kier alpha value is 0.170. The van der Waals surface area contributed by atoms with Gasteiger partial charge in [-0.3, -0.25) is 0 Å². The summed E-state index contributed by atoms with van der Waals surface area (Å²) in [5, 5.41) is 1.33. The Kier molecular flexibility index (Phi) is 1.69. The summed E-state index contributed by atoms with van der Waals surface area (Å²) in [5.74, 6) is 0.221. The topological polar surface area (TPSA) is 34.1 Å². The molecule has 0 radical (unpaired) electrons. The van der Waals surface area contributed by atoms with Gasteiger partial charge in [0.25, 0.3) is 0 Å². The van der Waals surface area contributed by atoms with Crippen LogP contribution >= 0.6 is 15.9 Å². The highest BCUT2D eigenvalue weighted by atomic mass is 79.9. The minimum Gasteiger partial charge on any atom is -0.224 e. The first-order valence-corrected chi connectivity index (χ1v) is 5.19. The molecule has 1 aliphatic heterocycles. The van der Waals surface area contributed by atoms with E-state index in [9.17, 15) is 8.42 Å². The lowest BCUT2D eigenvalue weighted by atomic mass is 10.3. The van der Waals surface area contributed by atoms with E-state index in [1.165, 1.54) is 5.41 Å². The third kappa shape index (κ3) is 1.55. The van der Waals surface area contributed by atoms with Crippen molar-refractivity contribution < 1.29 is 8.42 Å². The van der Waals surface area contributed by atoms with Crippen LogP contribution < -0.4 is 0 Å². The van der Waals surface area contributed by atoms with Crippen molar-refractivity contribution in [3.63, 3.8) is 0 Å². The van der Waals surface area contributed by atoms with Crippen molar-refractivity contribution >= 4 is 25.8 Å². The molecule has 0 spiro atoms. The van der Waals surface area contributed by atoms with E-state index < -0.39 is 9.84 Å². The third-order valence-corrected chi connectivity index (χ3v) is 4.24. The summed E-state index contributed by atoms with van der Waals surface area (Å²) < 4.78 is 21.5. The fourth-order valence-corrected chi connectivity index (χ4v) is 3.65. The van der Waals surface area contributed by atoms with Gasteiger partial charge in [0.2, 0.25) is 0 Å². The predicted molar refractivity (Wildman–Crippen MR) is 40.3 cm³/mol. The average molecular weight is 211 g/mol. The molecule has 0 fully saturated rings. The van der Waals surface area contributed by atoms with Crippen LogP contribution in [-0.2, 0) is 9.84 Å². The number of rotatable bonds is 0. The fourth-order valence-electron chi connectivity index (χ4n) is 0.741. The molecule has 2 nitrogen and oxygen atoms in total. The second-order valence-electron chi connectivity index (χ2n) is 2.16. The molecule has 0 aliphatic carbocycles. The quantitative estimate of drug-likeness (QED) is 0.562. The van der Waals surface area contributed by atoms with Crippen LogP contribution in [0.1, 0.15) is 6.92 Å². The van der Waals surface area contributed by atoms with Crippen molar-refractivity contribution in [2.75, 3.05) is 5.75 Å². The van der Waals surface area contributed by atoms with Gasteiger partial charge in [-0.05, 0) is 12.5 Å². The van der Waals surface area contributed by atoms with Crippen molar-refractivity contribution in [2.24, 2.45) is 0 Å². The maximum atomic E-state index is 10.7. The van der Waals surface area contributed by atoms with Gasteiger partial charge in [0.15, 0.2) is 9.84 Å². The van der Waals surface area contributed by atoms with Crippen LogP contribution in [0.3, 0.4) is 0 Å². The molecule has 1 heterocycles. The Morgan fingerprint density at radius 1 is 1.78 bits per heavy atom. The van der Waals surface area contributed by atoms with Gasteiger partial charge in [0.1, 0.15) is 0 Å². The van der Waals surface area contributed by atoms with Crippen molar-refractivity contribution in [1.82, 2.24) is 0 Å². The average Bonchev–Trinajstić information content (AvgIpc) is 1.79. The summed E-state index contributed by atoms with van der Waals surface area (Å²) in [6, 6.07) is 0. The van der Waals surface area contributed by atoms with Gasteiger partial charge in [-0.25, -0.2) is 8.42 Å². The van der Waals surface area contributed by atoms with Crippen LogP contribution in [0.4, 0.5) is 0 Å². The molecular weight excluding hydrogens is 204 g/mol. The largest absolute Gasteiger partial charge is 0.224 e. The zero-order valence-electron chi connectivity index (χ0n) is 4.96. The van der Waals surface area contributed by atoms with Crippen LogP contribution in [0, 0.1) is 0 Å². The Bertz CT molecular complexity index is 240. The van der Waals surface area contributed by atoms with Crippen molar-refractivity contribution in [1.29, 1.82) is 0 Å². The first-order chi connectivity index (χ1) is 4.01. The van der Waals surface area contributed by atoms with E-state index in [1.54, 1.807) is 0 Å². The monoisotopic (exact) mass is 210 g/mol. The van der Waals surface area contributed by atoms with Gasteiger partial charge in [0.05, 0.1) is 10.6 Å². The maximum Gasteiger partial charge on any atom is 0.173 e. The van der Waals surface area contributed by atoms with Gasteiger partial charge in [-0.15, -0.1) is 0 Å². The Morgan fingerprint density at radius 3 is 2.44 bits per heavy atom. The van der Waals surface area contributed by atoms with E-state index in [2.05, 4.69) is 15.9 Å². The molecule has 0 saturated heterocycles. The number of alkyl halides is 1. The zero-order chi connectivity index (χ0) is 7.07. The molecule has 9 heavy (non-hydrogen) atoms. The van der Waals surface area contributed by atoms with Gasteiger partial charge < -0.3 is 0 Å². The molecule has 0 aromatic rings. The molecule has 0 aromatic carbocycles. The van der Waals surface area contributed by atoms with E-state index in [-0.39, 0.29) is 10.6 Å². The van der Waals surface area contributed by atoms with Crippen LogP contribution in [0.2, 0.25) is 0 Å². The highest BCUT2D eigenvalue weighted by molar-refractivity contribution is 9.09. The minimum atomic E-state index is -2.85. The van der Waals surface area contributed by atoms with Gasteiger partial charge in [-0.1, -0.05) is 15.9 Å². The molecule has 1 aliphatic rings. The molecule has 4 heteroatoms. The maximum absolute atomic E-state index is 10.7. The van der Waals surface area contributed by atoms with Gasteiger partial charge in [-0.2, -0.15) is 0 Å². The summed E-state index contributed by atoms with van der Waals surface area (Å²) in [6.07, 6.45) is 0. The van der Waals surface area contributed by atoms with Crippen molar-refractivity contribution in [3.05, 3.63) is 11.0 Å². The number of hydrogen-bond donors (Lipinski definition) is 0. The number of halogens is 1. The van der Waals surface area contributed by atoms with Gasteiger partial charge in [0, 0.05) is 5.41 Å². The van der Waals surface area contributed by atoms with Crippen LogP contribution in [0.25, 0.3) is 0 Å². The van der Waals surface area contributed by atoms with Crippen molar-refractivity contribution in [2.45, 2.75) is 11.8 Å². The number of hydrogen-bond acceptors (Lipinski definition) is 2. The summed E-state index contributed by atoms with van der Waals surface area (Å²) in [6.45, 7) is 1.81. The molecule has 0 saturated carbocycles. The zero-order valence-corrected chi connectivity index (χ0v) is 7.37. The molecule has 1 rings (SSSR count). The van der Waals surface area contributed by atoms with E-state index in [1.807, 2.05) is 6.92 Å². The van der Waals surface area contributed by atoms with Crippen LogP contribution in [-0.4, -0.2) is 19.0 Å². The van der Waals surface area contributed by atoms with Gasteiger partial charge >= 0.3 is 0 Å². The van der Waals surface area contributed by atoms with Crippen molar-refractivity contribution in [3.8, 4) is 0 Å². The minimum absolute atomic E-state index is 0.0440. The molecule has 0 N–H and O–H groups in total. The smallest absolute Gasteiger partial charge is 0.173 e. The molecule has 0 aromatic heterocycles.